The lowest BCUT2D eigenvalue weighted by molar-refractivity contribution is -0.139. The predicted octanol–water partition coefficient (Wildman–Crippen LogP) is 1.02. The Labute approximate surface area is 197 Å². The number of nitrogens with two attached hydrogens (primary N) is 2. The minimum absolute atomic E-state index is 0.0143. The van der Waals surface area contributed by atoms with Crippen molar-refractivity contribution in [1.82, 2.24) is 15.6 Å². The molecule has 3 heterocycles. The number of rotatable bonds is 12. The number of hydrogen-bond acceptors (Lipinski definition) is 11. The molecule has 3 aromatic rings. The average Bonchev–Trinajstić information content (AvgIpc) is 3.50. The van der Waals surface area contributed by atoms with Gasteiger partial charge >= 0.3 is 5.97 Å². The molecule has 0 aromatic carbocycles. The van der Waals surface area contributed by atoms with Crippen molar-refractivity contribution in [3.05, 3.63) is 41.0 Å². The first-order chi connectivity index (χ1) is 15.7. The van der Waals surface area contributed by atoms with Gasteiger partial charge in [-0.15, -0.1) is 22.7 Å². The van der Waals surface area contributed by atoms with Crippen LogP contribution in [0.1, 0.15) is 22.5 Å². The van der Waals surface area contributed by atoms with Crippen LogP contribution in [0, 0.1) is 0 Å². The van der Waals surface area contributed by atoms with Gasteiger partial charge < -0.3 is 26.3 Å². The SMILES string of the molecule is NC(N)NCCC[C@H](NC(=O)c1sccc1NS(=O)(=O)c1ccc(-c2cnco2)s1)C(=O)O. The van der Waals surface area contributed by atoms with Crippen LogP contribution in [0.25, 0.3) is 10.6 Å². The summed E-state index contributed by atoms with van der Waals surface area (Å²) in [5, 5.41) is 16.1. The first-order valence-electron chi connectivity index (χ1n) is 9.54. The highest BCUT2D eigenvalue weighted by atomic mass is 32.2. The highest BCUT2D eigenvalue weighted by Crippen LogP contribution is 2.32. The van der Waals surface area contributed by atoms with Gasteiger partial charge in [-0.1, -0.05) is 0 Å². The molecule has 0 saturated carbocycles. The summed E-state index contributed by atoms with van der Waals surface area (Å²) in [7, 11) is -4.00. The number of nitrogens with zero attached hydrogens (tertiary/aromatic N) is 1. The standard InChI is InChI=1S/C18H22N6O6S3/c19-18(20)22-6-1-2-11(17(26)27)23-16(25)15-10(5-7-31-15)24-33(28,29)14-4-3-13(32-14)12-8-21-9-30-12/h3-5,7-9,11,18,22,24H,1-2,6,19-20H2,(H,23,25)(H,26,27)/t11-/m0/s1. The summed E-state index contributed by atoms with van der Waals surface area (Å²) < 4.78 is 33.2. The summed E-state index contributed by atoms with van der Waals surface area (Å²) in [6.07, 6.45) is 2.52. The van der Waals surface area contributed by atoms with Crippen molar-refractivity contribution in [2.45, 2.75) is 29.4 Å². The Hall–Kier alpha value is -2.82. The molecule has 0 aliphatic carbocycles. The number of thiophene rings is 2. The van der Waals surface area contributed by atoms with E-state index in [2.05, 4.69) is 20.3 Å². The molecule has 3 aromatic heterocycles. The van der Waals surface area contributed by atoms with Gasteiger partial charge in [-0.05, 0) is 43.0 Å². The number of carbonyl (C=O) groups is 2. The fourth-order valence-corrected chi connectivity index (χ4v) is 5.90. The van der Waals surface area contributed by atoms with E-state index in [1.807, 2.05) is 0 Å². The zero-order valence-corrected chi connectivity index (χ0v) is 19.5. The molecule has 15 heteroatoms. The molecule has 0 saturated heterocycles. The molecule has 178 valence electrons. The topological polar surface area (TPSA) is 203 Å². The molecule has 0 aliphatic rings. The van der Waals surface area contributed by atoms with Crippen LogP contribution < -0.4 is 26.8 Å². The largest absolute Gasteiger partial charge is 0.480 e. The third-order valence-electron chi connectivity index (χ3n) is 4.29. The van der Waals surface area contributed by atoms with Crippen LogP contribution in [0.4, 0.5) is 5.69 Å². The molecular weight excluding hydrogens is 492 g/mol. The predicted molar refractivity (Wildman–Crippen MR) is 123 cm³/mol. The number of nitrogens with one attached hydrogen (secondary N) is 3. The first kappa shape index (κ1) is 24.8. The summed E-state index contributed by atoms with van der Waals surface area (Å²) in [6, 6.07) is 3.27. The molecule has 0 bridgehead atoms. The number of sulfonamides is 1. The van der Waals surface area contributed by atoms with Crippen molar-refractivity contribution in [3.63, 3.8) is 0 Å². The second kappa shape index (κ2) is 10.9. The van der Waals surface area contributed by atoms with Crippen LogP contribution in [0.15, 0.2) is 44.8 Å². The van der Waals surface area contributed by atoms with Crippen LogP contribution >= 0.6 is 22.7 Å². The van der Waals surface area contributed by atoms with E-state index in [0.29, 0.717) is 23.6 Å². The molecular formula is C18H22N6O6S3. The summed E-state index contributed by atoms with van der Waals surface area (Å²) >= 11 is 1.96. The maximum atomic E-state index is 12.8. The molecule has 0 radical (unpaired) electrons. The Morgan fingerprint density at radius 3 is 2.70 bits per heavy atom. The first-order valence-corrected chi connectivity index (χ1v) is 12.7. The Kier molecular flexibility index (Phi) is 8.17. The van der Waals surface area contributed by atoms with Gasteiger partial charge in [0.05, 0.1) is 16.8 Å². The van der Waals surface area contributed by atoms with Gasteiger partial charge in [-0.25, -0.2) is 18.2 Å². The zero-order chi connectivity index (χ0) is 24.0. The number of amides is 1. The van der Waals surface area contributed by atoms with Crippen molar-refractivity contribution in [3.8, 4) is 10.6 Å². The molecule has 3 rings (SSSR count). The number of aliphatic carboxylic acids is 1. The lowest BCUT2D eigenvalue weighted by Crippen LogP contribution is -2.46. The lowest BCUT2D eigenvalue weighted by atomic mass is 10.1. The molecule has 8 N–H and O–H groups in total. The van der Waals surface area contributed by atoms with E-state index in [1.54, 1.807) is 6.07 Å². The number of aromatic nitrogens is 1. The van der Waals surface area contributed by atoms with E-state index in [9.17, 15) is 23.1 Å². The Morgan fingerprint density at radius 2 is 2.03 bits per heavy atom. The maximum absolute atomic E-state index is 12.8. The van der Waals surface area contributed by atoms with E-state index in [4.69, 9.17) is 15.9 Å². The van der Waals surface area contributed by atoms with Gasteiger partial charge in [-0.3, -0.25) is 14.8 Å². The zero-order valence-electron chi connectivity index (χ0n) is 17.1. The molecule has 33 heavy (non-hydrogen) atoms. The summed E-state index contributed by atoms with van der Waals surface area (Å²) in [5.74, 6) is -1.48. The van der Waals surface area contributed by atoms with Gasteiger partial charge in [0.15, 0.2) is 12.2 Å². The highest BCUT2D eigenvalue weighted by molar-refractivity contribution is 7.94. The van der Waals surface area contributed by atoms with Gasteiger partial charge in [0, 0.05) is 0 Å². The lowest BCUT2D eigenvalue weighted by Gasteiger charge is -2.15. The third-order valence-corrected chi connectivity index (χ3v) is 8.16. The maximum Gasteiger partial charge on any atom is 0.326 e. The number of oxazole rings is 1. The fourth-order valence-electron chi connectivity index (χ4n) is 2.75. The Bertz CT molecular complexity index is 1190. The smallest absolute Gasteiger partial charge is 0.326 e. The van der Waals surface area contributed by atoms with Crippen molar-refractivity contribution in [2.75, 3.05) is 11.3 Å². The summed E-state index contributed by atoms with van der Waals surface area (Å²) in [5.41, 5.74) is 10.8. The molecule has 1 atom stereocenters. The Balaban J connectivity index is 1.68. The van der Waals surface area contributed by atoms with Crippen molar-refractivity contribution in [1.29, 1.82) is 0 Å². The van der Waals surface area contributed by atoms with Crippen molar-refractivity contribution < 1.29 is 27.5 Å². The van der Waals surface area contributed by atoms with Gasteiger partial charge in [0.2, 0.25) is 0 Å². The van der Waals surface area contributed by atoms with Crippen LogP contribution in [-0.4, -0.2) is 49.3 Å². The van der Waals surface area contributed by atoms with E-state index >= 15 is 0 Å². The van der Waals surface area contributed by atoms with Crippen LogP contribution in [-0.2, 0) is 14.8 Å². The minimum Gasteiger partial charge on any atom is -0.480 e. The number of carboxylic acid groups (broad SMARTS) is 1. The number of carbonyl (C=O) groups excluding carboxylic acids is 1. The van der Waals surface area contributed by atoms with E-state index in [1.165, 1.54) is 30.1 Å². The average molecular weight is 515 g/mol. The molecule has 12 nitrogen and oxygen atoms in total. The fraction of sp³-hybridized carbons (Fsp3) is 0.278. The van der Waals surface area contributed by atoms with Gasteiger partial charge in [0.25, 0.3) is 15.9 Å². The monoisotopic (exact) mass is 514 g/mol. The minimum atomic E-state index is -4.00. The van der Waals surface area contributed by atoms with Crippen LogP contribution in [0.2, 0.25) is 0 Å². The molecule has 0 spiro atoms. The molecule has 0 unspecified atom stereocenters. The third kappa shape index (κ3) is 6.59. The van der Waals surface area contributed by atoms with Crippen LogP contribution in [0.3, 0.4) is 0 Å². The summed E-state index contributed by atoms with van der Waals surface area (Å²) in [4.78, 5) is 28.6. The molecule has 0 fully saturated rings. The normalized spacial score (nSPS) is 12.6. The van der Waals surface area contributed by atoms with Gasteiger partial charge in [0.1, 0.15) is 21.4 Å². The van der Waals surface area contributed by atoms with E-state index < -0.39 is 34.2 Å². The van der Waals surface area contributed by atoms with E-state index in [-0.39, 0.29) is 21.2 Å². The second-order valence-electron chi connectivity index (χ2n) is 6.74. The number of carboxylic acids is 1. The van der Waals surface area contributed by atoms with E-state index in [0.717, 1.165) is 22.7 Å². The summed E-state index contributed by atoms with van der Waals surface area (Å²) in [6.45, 7) is 0.373. The quantitative estimate of drug-likeness (QED) is 0.150. The molecule has 0 aliphatic heterocycles. The molecule has 1 amide bonds. The van der Waals surface area contributed by atoms with Gasteiger partial charge in [-0.2, -0.15) is 0 Å². The number of anilines is 1. The van der Waals surface area contributed by atoms with Crippen molar-refractivity contribution in [2.24, 2.45) is 11.5 Å². The van der Waals surface area contributed by atoms with Crippen molar-refractivity contribution >= 4 is 50.3 Å². The highest BCUT2D eigenvalue weighted by Gasteiger charge is 2.25. The Morgan fingerprint density at radius 1 is 1.24 bits per heavy atom. The second-order valence-corrected chi connectivity index (χ2v) is 10.6. The van der Waals surface area contributed by atoms with Crippen LogP contribution in [0.5, 0.6) is 0 Å². The number of hydrogen-bond donors (Lipinski definition) is 6.